The van der Waals surface area contributed by atoms with Crippen LogP contribution in [0, 0.1) is 11.8 Å². The Balaban J connectivity index is 1.59. The first kappa shape index (κ1) is 23.3. The van der Waals surface area contributed by atoms with Crippen LogP contribution in [-0.2, 0) is 14.3 Å². The Bertz CT molecular complexity index is 944. The van der Waals surface area contributed by atoms with Crippen molar-refractivity contribution in [3.05, 3.63) is 59.7 Å². The van der Waals surface area contributed by atoms with E-state index in [1.54, 1.807) is 13.8 Å². The van der Waals surface area contributed by atoms with Crippen molar-refractivity contribution in [3.63, 3.8) is 0 Å². The maximum atomic E-state index is 12.4. The molecule has 3 rings (SSSR count). The highest BCUT2D eigenvalue weighted by Gasteiger charge is 2.30. The zero-order chi connectivity index (χ0) is 23.3. The number of hydrogen-bond acceptors (Lipinski definition) is 5. The third-order valence-electron chi connectivity index (χ3n) is 5.75. The molecule has 4 N–H and O–H groups in total. The first-order valence-corrected chi connectivity index (χ1v) is 10.6. The summed E-state index contributed by atoms with van der Waals surface area (Å²) in [5, 5.41) is 23.0. The smallest absolute Gasteiger partial charge is 0.407 e. The van der Waals surface area contributed by atoms with Gasteiger partial charge in [0.25, 0.3) is 0 Å². The number of alkyl carbamates (subject to hydrolysis) is 1. The number of aliphatic hydroxyl groups is 1. The number of aliphatic carboxylic acids is 1. The average molecular weight is 440 g/mol. The molecule has 0 fully saturated rings. The molecule has 1 unspecified atom stereocenters. The summed E-state index contributed by atoms with van der Waals surface area (Å²) in [5.74, 6) is -2.80. The van der Waals surface area contributed by atoms with Gasteiger partial charge in [0.1, 0.15) is 12.6 Å². The van der Waals surface area contributed by atoms with Gasteiger partial charge in [-0.2, -0.15) is 0 Å². The summed E-state index contributed by atoms with van der Waals surface area (Å²) in [6.07, 6.45) is -0.651. The lowest BCUT2D eigenvalue weighted by atomic mass is 9.94. The number of fused-ring (bicyclic) bond motifs is 3. The fourth-order valence-electron chi connectivity index (χ4n) is 3.94. The molecule has 2 aromatic rings. The molecule has 0 heterocycles. The number of carboxylic acid groups (broad SMARTS) is 1. The second-order valence-electron chi connectivity index (χ2n) is 8.14. The van der Waals surface area contributed by atoms with E-state index in [1.165, 1.54) is 0 Å². The fourth-order valence-corrected chi connectivity index (χ4v) is 3.94. The van der Waals surface area contributed by atoms with E-state index in [2.05, 4.69) is 22.8 Å². The minimum atomic E-state index is -1.39. The zero-order valence-electron chi connectivity index (χ0n) is 18.1. The quantitative estimate of drug-likeness (QED) is 0.474. The summed E-state index contributed by atoms with van der Waals surface area (Å²) in [6.45, 7) is 3.00. The van der Waals surface area contributed by atoms with Crippen LogP contribution in [0.15, 0.2) is 48.5 Å². The fraction of sp³-hybridized carbons (Fsp3) is 0.375. The highest BCUT2D eigenvalue weighted by molar-refractivity contribution is 5.85. The molecule has 2 aromatic carbocycles. The lowest BCUT2D eigenvalue weighted by Crippen LogP contribution is -2.49. The van der Waals surface area contributed by atoms with Crippen molar-refractivity contribution in [1.82, 2.24) is 10.6 Å². The number of carboxylic acids is 1. The van der Waals surface area contributed by atoms with Crippen molar-refractivity contribution in [2.75, 3.05) is 19.8 Å². The Morgan fingerprint density at radius 2 is 1.56 bits per heavy atom. The molecule has 170 valence electrons. The van der Waals surface area contributed by atoms with E-state index < -0.39 is 36.5 Å². The summed E-state index contributed by atoms with van der Waals surface area (Å²) < 4.78 is 5.47. The lowest BCUT2D eigenvalue weighted by molar-refractivity contribution is -0.143. The topological polar surface area (TPSA) is 125 Å². The predicted octanol–water partition coefficient (Wildman–Crippen LogP) is 2.36. The van der Waals surface area contributed by atoms with E-state index in [0.29, 0.717) is 0 Å². The number of ether oxygens (including phenoxy) is 1. The van der Waals surface area contributed by atoms with Gasteiger partial charge >= 0.3 is 12.1 Å². The predicted molar refractivity (Wildman–Crippen MR) is 118 cm³/mol. The summed E-state index contributed by atoms with van der Waals surface area (Å²) in [4.78, 5) is 35.8. The second-order valence-corrected chi connectivity index (χ2v) is 8.14. The van der Waals surface area contributed by atoms with E-state index in [0.717, 1.165) is 22.3 Å². The number of amides is 2. The zero-order valence-corrected chi connectivity index (χ0v) is 18.1. The monoisotopic (exact) mass is 440 g/mol. The Labute approximate surface area is 186 Å². The van der Waals surface area contributed by atoms with Gasteiger partial charge in [-0.05, 0) is 28.2 Å². The van der Waals surface area contributed by atoms with Gasteiger partial charge in [-0.1, -0.05) is 62.4 Å². The molecule has 0 saturated heterocycles. The summed E-state index contributed by atoms with van der Waals surface area (Å²) >= 11 is 0. The van der Waals surface area contributed by atoms with Gasteiger partial charge in [0.05, 0.1) is 12.5 Å². The van der Waals surface area contributed by atoms with Crippen LogP contribution in [0.2, 0.25) is 0 Å². The molecule has 2 amide bonds. The summed E-state index contributed by atoms with van der Waals surface area (Å²) in [5.41, 5.74) is 4.46. The average Bonchev–Trinajstić information content (AvgIpc) is 3.09. The third-order valence-corrected chi connectivity index (χ3v) is 5.75. The van der Waals surface area contributed by atoms with Crippen LogP contribution in [0.25, 0.3) is 11.1 Å². The largest absolute Gasteiger partial charge is 0.480 e. The van der Waals surface area contributed by atoms with Crippen LogP contribution < -0.4 is 10.6 Å². The number of rotatable bonds is 9. The van der Waals surface area contributed by atoms with Crippen LogP contribution in [-0.4, -0.2) is 54.0 Å². The van der Waals surface area contributed by atoms with Gasteiger partial charge in [0, 0.05) is 12.5 Å². The molecule has 0 spiro atoms. The first-order valence-electron chi connectivity index (χ1n) is 10.6. The number of carbonyl (C=O) groups excluding carboxylic acids is 2. The molecule has 0 radical (unpaired) electrons. The Morgan fingerprint density at radius 1 is 1.00 bits per heavy atom. The highest BCUT2D eigenvalue weighted by atomic mass is 16.5. The number of nitrogens with one attached hydrogen (secondary N) is 2. The molecule has 8 heteroatoms. The van der Waals surface area contributed by atoms with Crippen molar-refractivity contribution in [1.29, 1.82) is 0 Å². The lowest BCUT2D eigenvalue weighted by Gasteiger charge is -2.22. The van der Waals surface area contributed by atoms with E-state index in [-0.39, 0.29) is 25.0 Å². The van der Waals surface area contributed by atoms with E-state index in [4.69, 9.17) is 14.9 Å². The molecule has 0 bridgehead atoms. The minimum Gasteiger partial charge on any atom is -0.480 e. The molecule has 0 aliphatic heterocycles. The van der Waals surface area contributed by atoms with Crippen molar-refractivity contribution in [3.8, 4) is 11.1 Å². The maximum absolute atomic E-state index is 12.4. The Hall–Kier alpha value is -3.39. The number of hydrogen-bond donors (Lipinski definition) is 4. The van der Waals surface area contributed by atoms with E-state index in [1.807, 2.05) is 36.4 Å². The highest BCUT2D eigenvalue weighted by Crippen LogP contribution is 2.44. The molecule has 8 nitrogen and oxygen atoms in total. The molecule has 32 heavy (non-hydrogen) atoms. The molecule has 1 aliphatic carbocycles. The first-order chi connectivity index (χ1) is 15.3. The standard InChI is InChI=1S/C24H28N2O6/c1-14(2)19(22(28)26-21(12-27)23(29)30)11-25-24(31)32-13-20-17-9-5-3-7-15(17)16-8-4-6-10-18(16)20/h3-10,14,19-21,27H,11-13H2,1-2H3,(H,25,31)(H,26,28)(H,29,30)/t19?,21-/m1/s1. The summed E-state index contributed by atoms with van der Waals surface area (Å²) in [6, 6.07) is 14.6. The Morgan fingerprint density at radius 3 is 2.06 bits per heavy atom. The van der Waals surface area contributed by atoms with Crippen LogP contribution in [0.3, 0.4) is 0 Å². The SMILES string of the molecule is CC(C)C(CNC(=O)OCC1c2ccccc2-c2ccccc21)C(=O)N[C@H](CO)C(=O)O. The van der Waals surface area contributed by atoms with Crippen LogP contribution in [0.1, 0.15) is 30.9 Å². The molecular formula is C24H28N2O6. The van der Waals surface area contributed by atoms with Gasteiger partial charge in [0.2, 0.25) is 5.91 Å². The molecular weight excluding hydrogens is 412 g/mol. The third kappa shape index (κ3) is 5.08. The van der Waals surface area contributed by atoms with Crippen molar-refractivity contribution < 1.29 is 29.3 Å². The van der Waals surface area contributed by atoms with Gasteiger partial charge in [-0.25, -0.2) is 9.59 Å². The van der Waals surface area contributed by atoms with Crippen molar-refractivity contribution in [2.45, 2.75) is 25.8 Å². The molecule has 1 aliphatic rings. The van der Waals surface area contributed by atoms with Crippen LogP contribution >= 0.6 is 0 Å². The molecule has 2 atom stereocenters. The maximum Gasteiger partial charge on any atom is 0.407 e. The number of aliphatic hydroxyl groups excluding tert-OH is 1. The summed E-state index contributed by atoms with van der Waals surface area (Å²) in [7, 11) is 0. The van der Waals surface area contributed by atoms with Crippen LogP contribution in [0.4, 0.5) is 4.79 Å². The van der Waals surface area contributed by atoms with Gasteiger partial charge in [-0.3, -0.25) is 4.79 Å². The van der Waals surface area contributed by atoms with Crippen molar-refractivity contribution >= 4 is 18.0 Å². The van der Waals surface area contributed by atoms with Gasteiger partial charge in [-0.15, -0.1) is 0 Å². The number of benzene rings is 2. The molecule has 0 saturated carbocycles. The molecule has 0 aromatic heterocycles. The van der Waals surface area contributed by atoms with Crippen molar-refractivity contribution in [2.24, 2.45) is 11.8 Å². The van der Waals surface area contributed by atoms with Gasteiger partial charge in [0.15, 0.2) is 0 Å². The van der Waals surface area contributed by atoms with Gasteiger partial charge < -0.3 is 25.6 Å². The van der Waals surface area contributed by atoms with E-state index >= 15 is 0 Å². The second kappa shape index (κ2) is 10.3. The minimum absolute atomic E-state index is 0.0159. The number of carbonyl (C=O) groups is 3. The van der Waals surface area contributed by atoms with Crippen LogP contribution in [0.5, 0.6) is 0 Å². The Kier molecular flexibility index (Phi) is 7.48. The normalized spacial score (nSPS) is 14.2. The van der Waals surface area contributed by atoms with E-state index in [9.17, 15) is 14.4 Å².